The summed E-state index contributed by atoms with van der Waals surface area (Å²) in [4.78, 5) is 19.4. The number of ether oxygens (including phenoxy) is 1. The van der Waals surface area contributed by atoms with Crippen LogP contribution in [0.5, 0.6) is 5.88 Å². The number of halogens is 1. The number of hydrogen-bond acceptors (Lipinski definition) is 5. The molecule has 0 saturated carbocycles. The van der Waals surface area contributed by atoms with Crippen molar-refractivity contribution in [2.45, 2.75) is 0 Å². The maximum atomic E-state index is 11.6. The van der Waals surface area contributed by atoms with Crippen LogP contribution in [-0.2, 0) is 0 Å². The summed E-state index contributed by atoms with van der Waals surface area (Å²) in [6.45, 7) is 0. The molecule has 0 saturated heterocycles. The number of nitrogens with zero attached hydrogens (tertiary/aromatic N) is 2. The van der Waals surface area contributed by atoms with E-state index in [0.29, 0.717) is 0 Å². The first-order valence-electron chi connectivity index (χ1n) is 4.62. The van der Waals surface area contributed by atoms with Crippen LogP contribution in [0.1, 0.15) is 10.6 Å². The second-order valence-electron chi connectivity index (χ2n) is 2.99. The predicted octanol–water partition coefficient (Wildman–Crippen LogP) is 1.98. The van der Waals surface area contributed by atoms with Crippen molar-refractivity contribution in [3.63, 3.8) is 0 Å². The van der Waals surface area contributed by atoms with Gasteiger partial charge in [-0.05, 0) is 12.1 Å². The van der Waals surface area contributed by atoms with Gasteiger partial charge in [0, 0.05) is 6.07 Å². The Morgan fingerprint density at radius 2 is 2.35 bits per heavy atom. The molecule has 0 fully saturated rings. The third-order valence-corrected chi connectivity index (χ3v) is 2.04. The molecule has 2 heterocycles. The number of methoxy groups -OCH3 is 1. The molecule has 2 rings (SSSR count). The molecule has 0 atom stereocenters. The fraction of sp³-hybridized carbons (Fsp3) is 0.100. The van der Waals surface area contributed by atoms with Gasteiger partial charge in [0.15, 0.2) is 5.76 Å². The van der Waals surface area contributed by atoms with Crippen molar-refractivity contribution in [2.75, 3.05) is 12.4 Å². The number of nitrogens with one attached hydrogen (secondary N) is 1. The van der Waals surface area contributed by atoms with Crippen LogP contribution in [0.2, 0.25) is 5.15 Å². The molecular weight excluding hydrogens is 246 g/mol. The molecule has 17 heavy (non-hydrogen) atoms. The van der Waals surface area contributed by atoms with Gasteiger partial charge in [0.05, 0.1) is 13.4 Å². The summed E-state index contributed by atoms with van der Waals surface area (Å²) in [5, 5.41) is 2.61. The third-order valence-electron chi connectivity index (χ3n) is 1.85. The number of hydrogen-bond donors (Lipinski definition) is 1. The first kappa shape index (κ1) is 11.4. The summed E-state index contributed by atoms with van der Waals surface area (Å²) in [7, 11) is 1.44. The van der Waals surface area contributed by atoms with Gasteiger partial charge in [0.25, 0.3) is 5.91 Å². The van der Waals surface area contributed by atoms with Crippen LogP contribution in [0.15, 0.2) is 28.9 Å². The second kappa shape index (κ2) is 4.84. The smallest absolute Gasteiger partial charge is 0.293 e. The molecule has 1 N–H and O–H groups in total. The minimum absolute atomic E-state index is 0.0516. The summed E-state index contributed by atoms with van der Waals surface area (Å²) >= 11 is 5.73. The molecule has 1 amide bonds. The van der Waals surface area contributed by atoms with Gasteiger partial charge in [0.1, 0.15) is 5.15 Å². The quantitative estimate of drug-likeness (QED) is 0.847. The molecule has 0 bridgehead atoms. The van der Waals surface area contributed by atoms with Crippen molar-refractivity contribution in [3.05, 3.63) is 35.4 Å². The number of rotatable bonds is 3. The summed E-state index contributed by atoms with van der Waals surface area (Å²) in [5.74, 6) is 0.0161. The van der Waals surface area contributed by atoms with E-state index in [2.05, 4.69) is 15.3 Å². The fourth-order valence-electron chi connectivity index (χ4n) is 1.13. The Bertz CT molecular complexity index is 528. The van der Waals surface area contributed by atoms with Gasteiger partial charge < -0.3 is 9.15 Å². The van der Waals surface area contributed by atoms with Gasteiger partial charge in [-0.25, -0.2) is 4.98 Å². The molecule has 7 heteroatoms. The minimum Gasteiger partial charge on any atom is -0.481 e. The SMILES string of the molecule is COc1cc(Cl)nc(NC(=O)c2ccco2)n1. The van der Waals surface area contributed by atoms with E-state index >= 15 is 0 Å². The molecule has 88 valence electrons. The zero-order valence-corrected chi connectivity index (χ0v) is 9.56. The predicted molar refractivity (Wildman–Crippen MR) is 60.3 cm³/mol. The van der Waals surface area contributed by atoms with Crippen LogP contribution < -0.4 is 10.1 Å². The van der Waals surface area contributed by atoms with Gasteiger partial charge >= 0.3 is 0 Å². The Balaban J connectivity index is 2.18. The van der Waals surface area contributed by atoms with E-state index in [4.69, 9.17) is 20.8 Å². The van der Waals surface area contributed by atoms with E-state index < -0.39 is 5.91 Å². The number of carbonyl (C=O) groups is 1. The van der Waals surface area contributed by atoms with Crippen molar-refractivity contribution in [1.82, 2.24) is 9.97 Å². The van der Waals surface area contributed by atoms with Crippen LogP contribution in [-0.4, -0.2) is 23.0 Å². The number of anilines is 1. The largest absolute Gasteiger partial charge is 0.481 e. The fourth-order valence-corrected chi connectivity index (χ4v) is 1.30. The molecule has 0 radical (unpaired) electrons. The zero-order valence-electron chi connectivity index (χ0n) is 8.81. The highest BCUT2D eigenvalue weighted by atomic mass is 35.5. The first-order valence-corrected chi connectivity index (χ1v) is 5.00. The van der Waals surface area contributed by atoms with Crippen molar-refractivity contribution >= 4 is 23.5 Å². The lowest BCUT2D eigenvalue weighted by Gasteiger charge is -2.04. The monoisotopic (exact) mass is 253 g/mol. The highest BCUT2D eigenvalue weighted by Crippen LogP contribution is 2.16. The van der Waals surface area contributed by atoms with Crippen LogP contribution in [0, 0.1) is 0 Å². The highest BCUT2D eigenvalue weighted by molar-refractivity contribution is 6.29. The van der Waals surface area contributed by atoms with Gasteiger partial charge in [0.2, 0.25) is 11.8 Å². The Morgan fingerprint density at radius 1 is 1.53 bits per heavy atom. The Kier molecular flexibility index (Phi) is 3.24. The molecule has 0 unspecified atom stereocenters. The first-order chi connectivity index (χ1) is 8.19. The van der Waals surface area contributed by atoms with Crippen molar-refractivity contribution in [1.29, 1.82) is 0 Å². The van der Waals surface area contributed by atoms with Crippen LogP contribution in [0.4, 0.5) is 5.95 Å². The van der Waals surface area contributed by atoms with E-state index in [-0.39, 0.29) is 22.7 Å². The van der Waals surface area contributed by atoms with E-state index in [0.717, 1.165) is 0 Å². The van der Waals surface area contributed by atoms with E-state index in [1.54, 1.807) is 6.07 Å². The number of furan rings is 1. The van der Waals surface area contributed by atoms with Gasteiger partial charge in [-0.1, -0.05) is 11.6 Å². The van der Waals surface area contributed by atoms with Crippen LogP contribution >= 0.6 is 11.6 Å². The molecule has 2 aromatic heterocycles. The highest BCUT2D eigenvalue weighted by Gasteiger charge is 2.11. The van der Waals surface area contributed by atoms with E-state index in [1.807, 2.05) is 0 Å². The van der Waals surface area contributed by atoms with Gasteiger partial charge in [-0.15, -0.1) is 0 Å². The molecule has 6 nitrogen and oxygen atoms in total. The zero-order chi connectivity index (χ0) is 12.3. The molecule has 0 aliphatic heterocycles. The molecule has 0 aliphatic carbocycles. The third kappa shape index (κ3) is 2.73. The molecule has 0 aliphatic rings. The lowest BCUT2D eigenvalue weighted by Crippen LogP contribution is -2.13. The summed E-state index contributed by atoms with van der Waals surface area (Å²) < 4.78 is 9.82. The summed E-state index contributed by atoms with van der Waals surface area (Å²) in [6, 6.07) is 4.57. The lowest BCUT2D eigenvalue weighted by molar-refractivity contribution is 0.0996. The lowest BCUT2D eigenvalue weighted by atomic mass is 10.4. The average molecular weight is 254 g/mol. The topological polar surface area (TPSA) is 77.2 Å². The maximum absolute atomic E-state index is 11.6. The minimum atomic E-state index is -0.459. The van der Waals surface area contributed by atoms with Crippen molar-refractivity contribution in [3.8, 4) is 5.88 Å². The van der Waals surface area contributed by atoms with Crippen molar-refractivity contribution in [2.24, 2.45) is 0 Å². The molecule has 0 spiro atoms. The number of carbonyl (C=O) groups excluding carboxylic acids is 1. The average Bonchev–Trinajstić information content (AvgIpc) is 2.81. The Morgan fingerprint density at radius 3 is 3.00 bits per heavy atom. The Hall–Kier alpha value is -2.08. The van der Waals surface area contributed by atoms with Crippen LogP contribution in [0.25, 0.3) is 0 Å². The standard InChI is InChI=1S/C10H8ClN3O3/c1-16-8-5-7(11)12-10(13-8)14-9(15)6-3-2-4-17-6/h2-5H,1H3,(H,12,13,14,15). The van der Waals surface area contributed by atoms with Crippen LogP contribution in [0.3, 0.4) is 0 Å². The number of amides is 1. The second-order valence-corrected chi connectivity index (χ2v) is 3.38. The summed E-state index contributed by atoms with van der Waals surface area (Å²) in [5.41, 5.74) is 0. The summed E-state index contributed by atoms with van der Waals surface area (Å²) in [6.07, 6.45) is 1.40. The molecular formula is C10H8ClN3O3. The maximum Gasteiger partial charge on any atom is 0.293 e. The number of aromatic nitrogens is 2. The molecule has 2 aromatic rings. The normalized spacial score (nSPS) is 10.0. The van der Waals surface area contributed by atoms with Gasteiger partial charge in [-0.2, -0.15) is 4.98 Å². The van der Waals surface area contributed by atoms with E-state index in [1.165, 1.54) is 25.5 Å². The molecule has 0 aromatic carbocycles. The Labute approximate surface area is 102 Å². The van der Waals surface area contributed by atoms with Crippen molar-refractivity contribution < 1.29 is 13.9 Å². The van der Waals surface area contributed by atoms with E-state index in [9.17, 15) is 4.79 Å². The van der Waals surface area contributed by atoms with Gasteiger partial charge in [-0.3, -0.25) is 10.1 Å².